The van der Waals surface area contributed by atoms with Crippen molar-refractivity contribution in [1.29, 1.82) is 0 Å². The van der Waals surface area contributed by atoms with Crippen molar-refractivity contribution in [3.63, 3.8) is 0 Å². The summed E-state index contributed by atoms with van der Waals surface area (Å²) in [5, 5.41) is 3.30. The number of hydrogen-bond acceptors (Lipinski definition) is 4. The van der Waals surface area contributed by atoms with Crippen LogP contribution >= 0.6 is 11.8 Å². The summed E-state index contributed by atoms with van der Waals surface area (Å²) in [7, 11) is 0. The molecule has 7 heteroatoms. The van der Waals surface area contributed by atoms with E-state index in [1.807, 2.05) is 6.92 Å². The number of pyridine rings is 1. The van der Waals surface area contributed by atoms with Gasteiger partial charge in [-0.05, 0) is 30.0 Å². The number of para-hydroxylation sites is 2. The minimum atomic E-state index is -2.95. The molecular formula is C15H14F2N2O2S. The van der Waals surface area contributed by atoms with Crippen LogP contribution in [0.5, 0.6) is 5.75 Å². The van der Waals surface area contributed by atoms with Crippen LogP contribution in [0.4, 0.5) is 14.5 Å². The Kier molecular flexibility index (Phi) is 5.71. The first-order chi connectivity index (χ1) is 10.6. The third-order valence-electron chi connectivity index (χ3n) is 2.64. The van der Waals surface area contributed by atoms with Gasteiger partial charge < -0.3 is 10.1 Å². The van der Waals surface area contributed by atoms with Crippen LogP contribution in [0.15, 0.2) is 47.6 Å². The highest BCUT2D eigenvalue weighted by Gasteiger charge is 2.13. The number of amides is 1. The molecule has 0 saturated carbocycles. The largest absolute Gasteiger partial charge is 0.433 e. The maximum Gasteiger partial charge on any atom is 0.387 e. The van der Waals surface area contributed by atoms with E-state index >= 15 is 0 Å². The molecule has 0 unspecified atom stereocenters. The van der Waals surface area contributed by atoms with Crippen LogP contribution in [0.25, 0.3) is 0 Å². The first-order valence-corrected chi connectivity index (χ1v) is 7.52. The van der Waals surface area contributed by atoms with Crippen LogP contribution in [0.1, 0.15) is 17.3 Å². The Labute approximate surface area is 130 Å². The quantitative estimate of drug-likeness (QED) is 0.815. The maximum absolute atomic E-state index is 12.4. The average molecular weight is 324 g/mol. The summed E-state index contributed by atoms with van der Waals surface area (Å²) in [4.78, 5) is 16.4. The molecule has 0 atom stereocenters. The second kappa shape index (κ2) is 7.74. The highest BCUT2D eigenvalue weighted by atomic mass is 32.2. The van der Waals surface area contributed by atoms with E-state index in [1.165, 1.54) is 30.1 Å². The van der Waals surface area contributed by atoms with Crippen molar-refractivity contribution in [2.24, 2.45) is 0 Å². The Morgan fingerprint density at radius 1 is 1.36 bits per heavy atom. The molecule has 0 spiro atoms. The molecule has 0 aliphatic carbocycles. The van der Waals surface area contributed by atoms with Gasteiger partial charge in [0, 0.05) is 11.8 Å². The molecule has 0 aliphatic rings. The minimum Gasteiger partial charge on any atom is -0.433 e. The molecule has 2 rings (SSSR count). The number of ether oxygens (including phenoxy) is 1. The van der Waals surface area contributed by atoms with Crippen molar-refractivity contribution < 1.29 is 18.3 Å². The molecule has 1 amide bonds. The van der Waals surface area contributed by atoms with E-state index in [4.69, 9.17) is 0 Å². The van der Waals surface area contributed by atoms with Crippen molar-refractivity contribution in [1.82, 2.24) is 4.98 Å². The monoisotopic (exact) mass is 324 g/mol. The molecule has 0 aliphatic heterocycles. The fourth-order valence-corrected chi connectivity index (χ4v) is 2.38. The van der Waals surface area contributed by atoms with Gasteiger partial charge in [0.2, 0.25) is 0 Å². The lowest BCUT2D eigenvalue weighted by molar-refractivity contribution is -0.0493. The van der Waals surface area contributed by atoms with Gasteiger partial charge in [-0.15, -0.1) is 11.8 Å². The summed E-state index contributed by atoms with van der Waals surface area (Å²) in [6, 6.07) is 9.26. The van der Waals surface area contributed by atoms with E-state index in [2.05, 4.69) is 15.0 Å². The summed E-state index contributed by atoms with van der Waals surface area (Å²) in [6.07, 6.45) is 1.54. The van der Waals surface area contributed by atoms with Crippen LogP contribution in [-0.4, -0.2) is 23.3 Å². The van der Waals surface area contributed by atoms with Crippen molar-refractivity contribution in [2.75, 3.05) is 11.1 Å². The van der Waals surface area contributed by atoms with Crippen molar-refractivity contribution >= 4 is 23.4 Å². The van der Waals surface area contributed by atoms with Gasteiger partial charge in [0.25, 0.3) is 5.91 Å². The van der Waals surface area contributed by atoms with Crippen molar-refractivity contribution in [2.45, 2.75) is 18.6 Å². The number of carbonyl (C=O) groups is 1. The second-order valence-corrected chi connectivity index (χ2v) is 5.43. The fraction of sp³-hybridized carbons (Fsp3) is 0.200. The van der Waals surface area contributed by atoms with Gasteiger partial charge in [0.15, 0.2) is 0 Å². The molecule has 0 bridgehead atoms. The minimum absolute atomic E-state index is 0.0805. The SMILES string of the molecule is CCSc1cc(C(=O)Nc2ccccc2OC(F)F)ccn1. The molecule has 0 radical (unpaired) electrons. The molecule has 1 N–H and O–H groups in total. The summed E-state index contributed by atoms with van der Waals surface area (Å²) < 4.78 is 29.1. The van der Waals surface area contributed by atoms with Crippen LogP contribution in [0.3, 0.4) is 0 Å². The number of aromatic nitrogens is 1. The first-order valence-electron chi connectivity index (χ1n) is 6.54. The number of alkyl halides is 2. The summed E-state index contributed by atoms with van der Waals surface area (Å²) in [6.45, 7) is -0.969. The molecule has 2 aromatic rings. The van der Waals surface area contributed by atoms with Crippen LogP contribution in [0, 0.1) is 0 Å². The number of hydrogen-bond donors (Lipinski definition) is 1. The number of benzene rings is 1. The Morgan fingerprint density at radius 3 is 2.86 bits per heavy atom. The second-order valence-electron chi connectivity index (χ2n) is 4.14. The predicted molar refractivity (Wildman–Crippen MR) is 81.7 cm³/mol. The van der Waals surface area contributed by atoms with E-state index in [0.717, 1.165) is 10.8 Å². The van der Waals surface area contributed by atoms with Crippen LogP contribution in [-0.2, 0) is 0 Å². The maximum atomic E-state index is 12.4. The fourth-order valence-electron chi connectivity index (χ4n) is 1.74. The molecule has 1 heterocycles. The lowest BCUT2D eigenvalue weighted by Crippen LogP contribution is -2.14. The Balaban J connectivity index is 2.17. The highest BCUT2D eigenvalue weighted by molar-refractivity contribution is 7.99. The Morgan fingerprint density at radius 2 is 2.14 bits per heavy atom. The van der Waals surface area contributed by atoms with Crippen LogP contribution in [0.2, 0.25) is 0 Å². The summed E-state index contributed by atoms with van der Waals surface area (Å²) in [5.41, 5.74) is 0.590. The van der Waals surface area contributed by atoms with Gasteiger partial charge in [0.05, 0.1) is 10.7 Å². The van der Waals surface area contributed by atoms with Crippen molar-refractivity contribution in [3.05, 3.63) is 48.2 Å². The Hall–Kier alpha value is -2.15. The standard InChI is InChI=1S/C15H14F2N2O2S/c1-2-22-13-9-10(7-8-18-13)14(20)19-11-5-3-4-6-12(11)21-15(16)17/h3-9,15H,2H2,1H3,(H,19,20). The average Bonchev–Trinajstić information content (AvgIpc) is 2.49. The lowest BCUT2D eigenvalue weighted by atomic mass is 10.2. The number of nitrogens with zero attached hydrogens (tertiary/aromatic N) is 1. The van der Waals surface area contributed by atoms with E-state index in [9.17, 15) is 13.6 Å². The molecule has 0 fully saturated rings. The Bertz CT molecular complexity index is 653. The van der Waals surface area contributed by atoms with Gasteiger partial charge in [0.1, 0.15) is 5.75 Å². The normalized spacial score (nSPS) is 10.5. The molecule has 116 valence electrons. The number of anilines is 1. The smallest absolute Gasteiger partial charge is 0.387 e. The van der Waals surface area contributed by atoms with E-state index in [-0.39, 0.29) is 11.4 Å². The molecule has 1 aromatic heterocycles. The summed E-state index contributed by atoms with van der Waals surface area (Å²) in [5.74, 6) is 0.345. The van der Waals surface area contributed by atoms with E-state index in [1.54, 1.807) is 24.3 Å². The number of thioether (sulfide) groups is 1. The zero-order valence-corrected chi connectivity index (χ0v) is 12.6. The number of nitrogens with one attached hydrogen (secondary N) is 1. The third-order valence-corrected chi connectivity index (χ3v) is 3.45. The van der Waals surface area contributed by atoms with Gasteiger partial charge in [-0.2, -0.15) is 8.78 Å². The molecule has 4 nitrogen and oxygen atoms in total. The van der Waals surface area contributed by atoms with E-state index in [0.29, 0.717) is 5.56 Å². The highest BCUT2D eigenvalue weighted by Crippen LogP contribution is 2.26. The predicted octanol–water partition coefficient (Wildman–Crippen LogP) is 4.05. The van der Waals surface area contributed by atoms with Gasteiger partial charge in [-0.3, -0.25) is 4.79 Å². The molecular weight excluding hydrogens is 310 g/mol. The van der Waals surface area contributed by atoms with Gasteiger partial charge >= 0.3 is 6.61 Å². The molecule has 22 heavy (non-hydrogen) atoms. The molecule has 0 saturated heterocycles. The number of rotatable bonds is 6. The number of carbonyl (C=O) groups excluding carboxylic acids is 1. The van der Waals surface area contributed by atoms with Gasteiger partial charge in [-0.25, -0.2) is 4.98 Å². The van der Waals surface area contributed by atoms with Crippen molar-refractivity contribution in [3.8, 4) is 5.75 Å². The number of halogens is 2. The van der Waals surface area contributed by atoms with Crippen LogP contribution < -0.4 is 10.1 Å². The molecule has 1 aromatic carbocycles. The third kappa shape index (κ3) is 4.42. The van der Waals surface area contributed by atoms with Gasteiger partial charge in [-0.1, -0.05) is 19.1 Å². The topological polar surface area (TPSA) is 51.2 Å². The summed E-state index contributed by atoms with van der Waals surface area (Å²) >= 11 is 1.51. The zero-order chi connectivity index (χ0) is 15.9. The first kappa shape index (κ1) is 16.2. The van der Waals surface area contributed by atoms with E-state index < -0.39 is 12.5 Å². The lowest BCUT2D eigenvalue weighted by Gasteiger charge is -2.11. The zero-order valence-electron chi connectivity index (χ0n) is 11.8.